The molecule has 33 heavy (non-hydrogen) atoms. The largest absolute Gasteiger partial charge is 0.378 e. The molecule has 1 fully saturated rings. The molecule has 8 nitrogen and oxygen atoms in total. The van der Waals surface area contributed by atoms with Crippen LogP contribution in [-0.4, -0.2) is 55.5 Å². The lowest BCUT2D eigenvalue weighted by Crippen LogP contribution is -2.40. The lowest BCUT2D eigenvalue weighted by molar-refractivity contribution is -0.116. The van der Waals surface area contributed by atoms with Gasteiger partial charge in [0, 0.05) is 42.1 Å². The quantitative estimate of drug-likeness (QED) is 0.477. The van der Waals surface area contributed by atoms with Crippen molar-refractivity contribution in [1.82, 2.24) is 4.90 Å². The number of nitrogens with one attached hydrogen (secondary N) is 3. The van der Waals surface area contributed by atoms with Gasteiger partial charge in [-0.2, -0.15) is 0 Å². The van der Waals surface area contributed by atoms with Crippen molar-refractivity contribution in [2.45, 2.75) is 32.6 Å². The van der Waals surface area contributed by atoms with Gasteiger partial charge in [0.15, 0.2) is 0 Å². The fraction of sp³-hybridized carbons (Fsp3) is 0.400. The Balaban J connectivity index is 1.49. The van der Waals surface area contributed by atoms with Crippen molar-refractivity contribution >= 4 is 34.8 Å². The zero-order valence-corrected chi connectivity index (χ0v) is 19.1. The van der Waals surface area contributed by atoms with E-state index >= 15 is 0 Å². The molecule has 3 N–H and O–H groups in total. The minimum atomic E-state index is -0.230. The third-order valence-corrected chi connectivity index (χ3v) is 5.30. The number of carbonyl (C=O) groups is 3. The molecule has 0 radical (unpaired) electrons. The predicted octanol–water partition coefficient (Wildman–Crippen LogP) is 3.73. The zero-order valence-electron chi connectivity index (χ0n) is 19.1. The number of amides is 3. The van der Waals surface area contributed by atoms with Gasteiger partial charge in [0.25, 0.3) is 5.91 Å². The minimum absolute atomic E-state index is 0.0277. The highest BCUT2D eigenvalue weighted by Gasteiger charge is 2.18. The second-order valence-electron chi connectivity index (χ2n) is 7.97. The maximum Gasteiger partial charge on any atom is 0.254 e. The molecule has 2 aromatic carbocycles. The average molecular weight is 453 g/mol. The van der Waals surface area contributed by atoms with Crippen LogP contribution < -0.4 is 16.0 Å². The molecule has 0 aromatic heterocycles. The fourth-order valence-electron chi connectivity index (χ4n) is 3.53. The summed E-state index contributed by atoms with van der Waals surface area (Å²) in [6, 6.07) is 14.2. The summed E-state index contributed by atoms with van der Waals surface area (Å²) in [4.78, 5) is 38.8. The van der Waals surface area contributed by atoms with Crippen molar-refractivity contribution in [3.8, 4) is 0 Å². The van der Waals surface area contributed by atoms with E-state index in [1.54, 1.807) is 47.4 Å². The van der Waals surface area contributed by atoms with Crippen molar-refractivity contribution in [1.29, 1.82) is 0 Å². The molecule has 2 aromatic rings. The van der Waals surface area contributed by atoms with E-state index in [1.807, 2.05) is 6.07 Å². The van der Waals surface area contributed by atoms with Crippen LogP contribution in [0.1, 0.15) is 43.0 Å². The normalized spacial score (nSPS) is 13.3. The van der Waals surface area contributed by atoms with Gasteiger partial charge < -0.3 is 25.6 Å². The number of benzene rings is 2. The van der Waals surface area contributed by atoms with Crippen molar-refractivity contribution in [3.05, 3.63) is 54.1 Å². The lowest BCUT2D eigenvalue weighted by Gasteiger charge is -2.27. The predicted molar refractivity (Wildman–Crippen MR) is 129 cm³/mol. The van der Waals surface area contributed by atoms with Crippen molar-refractivity contribution in [3.63, 3.8) is 0 Å². The number of hydrogen-bond acceptors (Lipinski definition) is 5. The molecular weight excluding hydrogens is 420 g/mol. The first-order valence-electron chi connectivity index (χ1n) is 11.5. The van der Waals surface area contributed by atoms with Gasteiger partial charge >= 0.3 is 0 Å². The van der Waals surface area contributed by atoms with Crippen LogP contribution in [0.5, 0.6) is 0 Å². The lowest BCUT2D eigenvalue weighted by atomic mass is 10.1. The second-order valence-corrected chi connectivity index (χ2v) is 7.97. The fourth-order valence-corrected chi connectivity index (χ4v) is 3.53. The summed E-state index contributed by atoms with van der Waals surface area (Å²) in [6.45, 7) is 4.40. The number of ether oxygens (including phenoxy) is 1. The van der Waals surface area contributed by atoms with Gasteiger partial charge in [0.2, 0.25) is 11.8 Å². The van der Waals surface area contributed by atoms with E-state index < -0.39 is 0 Å². The van der Waals surface area contributed by atoms with Crippen LogP contribution in [-0.2, 0) is 14.3 Å². The van der Waals surface area contributed by atoms with Crippen LogP contribution in [0.15, 0.2) is 48.5 Å². The summed E-state index contributed by atoms with van der Waals surface area (Å²) in [7, 11) is 0. The monoisotopic (exact) mass is 452 g/mol. The van der Waals surface area contributed by atoms with Crippen molar-refractivity contribution in [2.75, 3.05) is 48.8 Å². The number of unbranched alkanes of at least 4 members (excludes halogenated alkanes) is 2. The zero-order chi connectivity index (χ0) is 23.5. The van der Waals surface area contributed by atoms with Gasteiger partial charge in [-0.25, -0.2) is 0 Å². The number of morpholine rings is 1. The molecule has 0 atom stereocenters. The molecule has 0 aliphatic carbocycles. The first-order chi connectivity index (χ1) is 16.0. The highest BCUT2D eigenvalue weighted by molar-refractivity contribution is 5.97. The molecule has 0 saturated carbocycles. The van der Waals surface area contributed by atoms with Gasteiger partial charge in [-0.05, 0) is 42.8 Å². The summed E-state index contributed by atoms with van der Waals surface area (Å²) >= 11 is 0. The Bertz CT molecular complexity index is 957. The van der Waals surface area contributed by atoms with E-state index in [1.165, 1.54) is 0 Å². The van der Waals surface area contributed by atoms with Crippen LogP contribution in [0.4, 0.5) is 17.1 Å². The maximum absolute atomic E-state index is 12.6. The Kier molecular flexibility index (Phi) is 9.26. The molecule has 0 unspecified atom stereocenters. The molecule has 0 bridgehead atoms. The molecule has 1 aliphatic rings. The maximum atomic E-state index is 12.6. The molecule has 1 aliphatic heterocycles. The van der Waals surface area contributed by atoms with E-state index in [4.69, 9.17) is 4.74 Å². The van der Waals surface area contributed by atoms with Crippen molar-refractivity contribution in [2.24, 2.45) is 0 Å². The van der Waals surface area contributed by atoms with Gasteiger partial charge in [-0.15, -0.1) is 0 Å². The molecule has 1 saturated heterocycles. The minimum Gasteiger partial charge on any atom is -0.378 e. The van der Waals surface area contributed by atoms with Crippen LogP contribution in [0.3, 0.4) is 0 Å². The van der Waals surface area contributed by atoms with Crippen LogP contribution >= 0.6 is 0 Å². The first kappa shape index (κ1) is 24.3. The number of anilines is 3. The number of carbonyl (C=O) groups excluding carboxylic acids is 3. The molecule has 3 rings (SSSR count). The smallest absolute Gasteiger partial charge is 0.254 e. The van der Waals surface area contributed by atoms with Crippen LogP contribution in [0.2, 0.25) is 0 Å². The Hall–Kier alpha value is -3.39. The molecule has 8 heteroatoms. The standard InChI is InChI=1S/C25H32N4O4/c1-2-3-4-11-23(30)27-21-9-6-10-22(17-21)28-24(31)18-26-20-8-5-7-19(16-20)25(32)29-12-14-33-15-13-29/h5-10,16-17,26H,2-4,11-15,18H2,1H3,(H,27,30)(H,28,31). The molecule has 1 heterocycles. The number of hydrogen-bond donors (Lipinski definition) is 3. The van der Waals surface area contributed by atoms with E-state index in [-0.39, 0.29) is 24.3 Å². The molecular formula is C25H32N4O4. The Morgan fingerprint density at radius 1 is 0.879 bits per heavy atom. The van der Waals surface area contributed by atoms with E-state index in [0.29, 0.717) is 55.3 Å². The van der Waals surface area contributed by atoms with Gasteiger partial charge in [-0.3, -0.25) is 14.4 Å². The summed E-state index contributed by atoms with van der Waals surface area (Å²) in [5.74, 6) is -0.300. The first-order valence-corrected chi connectivity index (χ1v) is 11.5. The third kappa shape index (κ3) is 7.91. The molecule has 0 spiro atoms. The summed E-state index contributed by atoms with van der Waals surface area (Å²) in [5, 5.41) is 8.75. The van der Waals surface area contributed by atoms with Gasteiger partial charge in [0.05, 0.1) is 19.8 Å². The third-order valence-electron chi connectivity index (χ3n) is 5.30. The SMILES string of the molecule is CCCCCC(=O)Nc1cccc(NC(=O)CNc2cccc(C(=O)N3CCOCC3)c2)c1. The van der Waals surface area contributed by atoms with Gasteiger partial charge in [-0.1, -0.05) is 31.9 Å². The van der Waals surface area contributed by atoms with E-state index in [2.05, 4.69) is 22.9 Å². The average Bonchev–Trinajstić information content (AvgIpc) is 2.83. The highest BCUT2D eigenvalue weighted by atomic mass is 16.5. The van der Waals surface area contributed by atoms with E-state index in [9.17, 15) is 14.4 Å². The second kappa shape index (κ2) is 12.6. The van der Waals surface area contributed by atoms with Crippen LogP contribution in [0, 0.1) is 0 Å². The summed E-state index contributed by atoms with van der Waals surface area (Å²) < 4.78 is 5.30. The van der Waals surface area contributed by atoms with Crippen molar-refractivity contribution < 1.29 is 19.1 Å². The Morgan fingerprint density at radius 2 is 1.55 bits per heavy atom. The Morgan fingerprint density at radius 3 is 2.27 bits per heavy atom. The van der Waals surface area contributed by atoms with Gasteiger partial charge in [0.1, 0.15) is 0 Å². The van der Waals surface area contributed by atoms with Crippen LogP contribution in [0.25, 0.3) is 0 Å². The topological polar surface area (TPSA) is 99.8 Å². The Labute approximate surface area is 194 Å². The van der Waals surface area contributed by atoms with E-state index in [0.717, 1.165) is 19.3 Å². The number of nitrogens with zero attached hydrogens (tertiary/aromatic N) is 1. The molecule has 3 amide bonds. The number of rotatable bonds is 10. The molecule has 176 valence electrons. The highest BCUT2D eigenvalue weighted by Crippen LogP contribution is 2.17. The summed E-state index contributed by atoms with van der Waals surface area (Å²) in [5.41, 5.74) is 2.52. The summed E-state index contributed by atoms with van der Waals surface area (Å²) in [6.07, 6.45) is 3.45.